The number of fused-ring (bicyclic) bond motifs is 1. The molecule has 0 spiro atoms. The summed E-state index contributed by atoms with van der Waals surface area (Å²) >= 11 is 0. The van der Waals surface area contributed by atoms with Crippen LogP contribution in [-0.4, -0.2) is 75.6 Å². The molecule has 2 aromatic heterocycles. The second-order valence-electron chi connectivity index (χ2n) is 10.9. The molecule has 2 aliphatic rings. The first-order chi connectivity index (χ1) is 18.7. The van der Waals surface area contributed by atoms with Crippen molar-refractivity contribution in [1.82, 2.24) is 30.1 Å². The van der Waals surface area contributed by atoms with Crippen molar-refractivity contribution in [2.24, 2.45) is 5.92 Å². The largest absolute Gasteiger partial charge is 0.451 e. The van der Waals surface area contributed by atoms with Gasteiger partial charge in [-0.25, -0.2) is 14.8 Å². The van der Waals surface area contributed by atoms with Crippen LogP contribution in [-0.2, 0) is 12.7 Å². The molecule has 1 aromatic carbocycles. The van der Waals surface area contributed by atoms with Gasteiger partial charge in [0.25, 0.3) is 0 Å². The Morgan fingerprint density at radius 2 is 1.77 bits per heavy atom. The number of aromatic nitrogens is 3. The average Bonchev–Trinajstić information content (AvgIpc) is 3.37. The van der Waals surface area contributed by atoms with Crippen molar-refractivity contribution in [3.05, 3.63) is 54.2 Å². The van der Waals surface area contributed by atoms with E-state index in [1.807, 2.05) is 29.8 Å². The molecule has 0 saturated carbocycles. The highest BCUT2D eigenvalue weighted by atomic mass is 19.4. The minimum Gasteiger partial charge on any atom is -0.365 e. The molecule has 2 N–H and O–H groups in total. The van der Waals surface area contributed by atoms with E-state index in [4.69, 9.17) is 0 Å². The lowest BCUT2D eigenvalue weighted by Gasteiger charge is -2.45. The molecule has 2 saturated heterocycles. The topological polar surface area (TPSA) is 80.4 Å². The quantitative estimate of drug-likeness (QED) is 0.463. The van der Waals surface area contributed by atoms with E-state index in [9.17, 15) is 18.0 Å². The van der Waals surface area contributed by atoms with Gasteiger partial charge in [-0.2, -0.15) is 13.2 Å². The second kappa shape index (κ2) is 11.4. The highest BCUT2D eigenvalue weighted by molar-refractivity contribution is 5.79. The zero-order valence-corrected chi connectivity index (χ0v) is 22.4. The fraction of sp³-hybridized carbons (Fsp3) is 0.536. The minimum absolute atomic E-state index is 0.0871. The van der Waals surface area contributed by atoms with Gasteiger partial charge in [-0.05, 0) is 81.3 Å². The maximum Gasteiger partial charge on any atom is 0.451 e. The van der Waals surface area contributed by atoms with Gasteiger partial charge >= 0.3 is 12.2 Å². The molecule has 4 heterocycles. The van der Waals surface area contributed by atoms with Crippen LogP contribution in [0.3, 0.4) is 0 Å². The van der Waals surface area contributed by atoms with Crippen molar-refractivity contribution >= 4 is 22.6 Å². The summed E-state index contributed by atoms with van der Waals surface area (Å²) in [7, 11) is 0. The Morgan fingerprint density at radius 3 is 2.44 bits per heavy atom. The molecule has 0 aliphatic carbocycles. The minimum atomic E-state index is -4.56. The molecule has 210 valence electrons. The van der Waals surface area contributed by atoms with Crippen LogP contribution in [0.25, 0.3) is 10.9 Å². The molecule has 2 aliphatic heterocycles. The number of halogens is 3. The van der Waals surface area contributed by atoms with Gasteiger partial charge in [-0.3, -0.25) is 4.90 Å². The van der Waals surface area contributed by atoms with Crippen molar-refractivity contribution in [2.45, 2.75) is 57.9 Å². The monoisotopic (exact) mass is 543 g/mol. The van der Waals surface area contributed by atoms with E-state index in [-0.39, 0.29) is 18.1 Å². The zero-order valence-electron chi connectivity index (χ0n) is 22.4. The molecular formula is C28H36F3N7O. The number of H-pyrrole nitrogens is 1. The first-order valence-corrected chi connectivity index (χ1v) is 13.7. The third kappa shape index (κ3) is 6.46. The van der Waals surface area contributed by atoms with Crippen molar-refractivity contribution in [3.63, 3.8) is 0 Å². The summed E-state index contributed by atoms with van der Waals surface area (Å²) in [4.78, 5) is 29.5. The number of piperazine rings is 1. The van der Waals surface area contributed by atoms with Gasteiger partial charge in [0.15, 0.2) is 0 Å². The van der Waals surface area contributed by atoms with Gasteiger partial charge in [0.1, 0.15) is 0 Å². The first-order valence-electron chi connectivity index (χ1n) is 13.7. The third-order valence-electron chi connectivity index (χ3n) is 7.97. The number of piperidine rings is 1. The molecule has 5 rings (SSSR count). The van der Waals surface area contributed by atoms with Crippen LogP contribution in [0.4, 0.5) is 23.7 Å². The van der Waals surface area contributed by atoms with Gasteiger partial charge in [-0.1, -0.05) is 6.07 Å². The molecule has 2 fully saturated rings. The van der Waals surface area contributed by atoms with Crippen molar-refractivity contribution in [1.29, 1.82) is 0 Å². The Balaban J connectivity index is 1.04. The predicted molar refractivity (Wildman–Crippen MR) is 144 cm³/mol. The lowest BCUT2D eigenvalue weighted by molar-refractivity contribution is -0.145. The van der Waals surface area contributed by atoms with Crippen LogP contribution in [0, 0.1) is 5.92 Å². The lowest BCUT2D eigenvalue weighted by atomic mass is 9.93. The maximum atomic E-state index is 13.0. The third-order valence-corrected chi connectivity index (χ3v) is 7.97. The fourth-order valence-corrected chi connectivity index (χ4v) is 5.93. The fourth-order valence-electron chi connectivity index (χ4n) is 5.93. The van der Waals surface area contributed by atoms with Crippen LogP contribution in [0.1, 0.15) is 44.5 Å². The number of nitrogens with zero attached hydrogens (tertiary/aromatic N) is 5. The Bertz CT molecular complexity index is 1240. The Kier molecular flexibility index (Phi) is 7.97. The van der Waals surface area contributed by atoms with E-state index in [2.05, 4.69) is 49.4 Å². The summed E-state index contributed by atoms with van der Waals surface area (Å²) in [6, 6.07) is 8.40. The average molecular weight is 544 g/mol. The first kappa shape index (κ1) is 27.2. The molecule has 11 heteroatoms. The van der Waals surface area contributed by atoms with Crippen LogP contribution >= 0.6 is 0 Å². The molecule has 39 heavy (non-hydrogen) atoms. The summed E-state index contributed by atoms with van der Waals surface area (Å²) in [5.74, 6) is -0.550. The Morgan fingerprint density at radius 1 is 1.08 bits per heavy atom. The number of aromatic amines is 1. The highest BCUT2D eigenvalue weighted by Crippen LogP contribution is 2.28. The smallest absolute Gasteiger partial charge is 0.365 e. The van der Waals surface area contributed by atoms with Gasteiger partial charge in [-0.15, -0.1) is 0 Å². The molecule has 3 aromatic rings. The van der Waals surface area contributed by atoms with Crippen molar-refractivity contribution in [3.8, 4) is 0 Å². The summed E-state index contributed by atoms with van der Waals surface area (Å²) in [5.41, 5.74) is 3.03. The molecule has 0 unspecified atom stereocenters. The maximum absolute atomic E-state index is 13.0. The summed E-state index contributed by atoms with van der Waals surface area (Å²) in [6.07, 6.45) is 3.03. The molecule has 8 nitrogen and oxygen atoms in total. The summed E-state index contributed by atoms with van der Waals surface area (Å²) in [5, 5.41) is 4.35. The van der Waals surface area contributed by atoms with E-state index in [1.165, 1.54) is 28.9 Å². The summed E-state index contributed by atoms with van der Waals surface area (Å²) in [6.45, 7) is 8.64. The number of likely N-dealkylation sites (tertiary alicyclic amines) is 1. The van der Waals surface area contributed by atoms with Crippen LogP contribution in [0.2, 0.25) is 0 Å². The number of hydrogen-bond donors (Lipinski definition) is 2. The number of amides is 2. The number of carbonyl (C=O) groups is 1. The predicted octanol–water partition coefficient (Wildman–Crippen LogP) is 4.89. The normalized spacial score (nSPS) is 21.5. The molecule has 2 amide bonds. The second-order valence-corrected chi connectivity index (χ2v) is 10.9. The molecule has 2 atom stereocenters. The van der Waals surface area contributed by atoms with Crippen LogP contribution in [0.5, 0.6) is 0 Å². The van der Waals surface area contributed by atoms with Gasteiger partial charge in [0, 0.05) is 50.0 Å². The Hall–Kier alpha value is -3.34. The molecule has 0 bridgehead atoms. The van der Waals surface area contributed by atoms with E-state index < -0.39 is 12.0 Å². The number of rotatable bonds is 6. The van der Waals surface area contributed by atoms with E-state index in [0.717, 1.165) is 38.9 Å². The van der Waals surface area contributed by atoms with E-state index >= 15 is 0 Å². The number of urea groups is 1. The van der Waals surface area contributed by atoms with Crippen molar-refractivity contribution < 1.29 is 18.0 Å². The van der Waals surface area contributed by atoms with Gasteiger partial charge in [0.2, 0.25) is 5.82 Å². The SMILES string of the molecule is C[C@@H]1CN(c2cnc(C(F)(F)F)nc2)C[C@H](C)N1C(=O)NCCC1CCN(Cc2ccc3[nH]ccc3c2)CC1. The van der Waals surface area contributed by atoms with Crippen molar-refractivity contribution in [2.75, 3.05) is 37.6 Å². The van der Waals surface area contributed by atoms with Crippen LogP contribution in [0.15, 0.2) is 42.9 Å². The Labute approximate surface area is 226 Å². The zero-order chi connectivity index (χ0) is 27.6. The number of benzene rings is 1. The standard InChI is InChI=1S/C28H36F3N7O/c1-19-16-37(24-14-34-26(35-15-24)28(29,30)31)17-20(2)38(19)27(39)33-9-5-21-7-11-36(12-8-21)18-22-3-4-25-23(13-22)6-10-32-25/h3-4,6,10,13-15,19-21,32H,5,7-9,11-12,16-18H2,1-2H3,(H,33,39)/t19-,20+. The van der Waals surface area contributed by atoms with E-state index in [1.54, 1.807) is 0 Å². The number of nitrogens with one attached hydrogen (secondary N) is 2. The lowest BCUT2D eigenvalue weighted by Crippen LogP contribution is -2.61. The van der Waals surface area contributed by atoms with Gasteiger partial charge < -0.3 is 20.1 Å². The number of anilines is 1. The summed E-state index contributed by atoms with van der Waals surface area (Å²) < 4.78 is 38.4. The molecular weight excluding hydrogens is 507 g/mol. The number of alkyl halides is 3. The highest BCUT2D eigenvalue weighted by Gasteiger charge is 2.36. The van der Waals surface area contributed by atoms with E-state index in [0.29, 0.717) is 31.2 Å². The number of hydrogen-bond acceptors (Lipinski definition) is 5. The molecule has 0 radical (unpaired) electrons. The van der Waals surface area contributed by atoms with Crippen LogP contribution < -0.4 is 10.2 Å². The number of carbonyl (C=O) groups excluding carboxylic acids is 1. The van der Waals surface area contributed by atoms with Gasteiger partial charge in [0.05, 0.1) is 18.1 Å².